The number of carbonyl (C=O) groups excluding carboxylic acids is 1. The van der Waals surface area contributed by atoms with Gasteiger partial charge in [0.05, 0.1) is 24.4 Å². The molecule has 1 fully saturated rings. The molecule has 1 aliphatic heterocycles. The van der Waals surface area contributed by atoms with Gasteiger partial charge in [0.1, 0.15) is 5.82 Å². The van der Waals surface area contributed by atoms with Gasteiger partial charge in [-0.1, -0.05) is 0 Å². The number of pyridine rings is 1. The van der Waals surface area contributed by atoms with E-state index < -0.39 is 0 Å². The number of esters is 1. The third-order valence-corrected chi connectivity index (χ3v) is 5.04. The summed E-state index contributed by atoms with van der Waals surface area (Å²) in [6, 6.07) is 3.62. The van der Waals surface area contributed by atoms with Crippen molar-refractivity contribution < 1.29 is 9.53 Å². The van der Waals surface area contributed by atoms with Gasteiger partial charge in [0.25, 0.3) is 0 Å². The number of ether oxygens (including phenoxy) is 1. The van der Waals surface area contributed by atoms with E-state index in [1.807, 2.05) is 30.2 Å². The topological polar surface area (TPSA) is 43.6 Å². The van der Waals surface area contributed by atoms with Crippen molar-refractivity contribution in [2.24, 2.45) is 5.92 Å². The summed E-state index contributed by atoms with van der Waals surface area (Å²) in [5, 5.41) is 0. The molecule has 0 radical (unpaired) electrons. The molecule has 0 N–H and O–H groups in total. The van der Waals surface area contributed by atoms with E-state index in [-0.39, 0.29) is 5.97 Å². The lowest BCUT2D eigenvalue weighted by molar-refractivity contribution is 0.0600. The highest BCUT2D eigenvalue weighted by atomic mass is 32.2. The van der Waals surface area contributed by atoms with Crippen LogP contribution >= 0.6 is 11.8 Å². The van der Waals surface area contributed by atoms with Crippen LogP contribution in [0, 0.1) is 5.92 Å². The molecular weight excluding hydrogens is 272 g/mol. The lowest BCUT2D eigenvalue weighted by atomic mass is 10.0. The number of nitrogens with zero attached hydrogens (tertiary/aromatic N) is 2. The van der Waals surface area contributed by atoms with Crippen molar-refractivity contribution in [3.63, 3.8) is 0 Å². The molecular formula is C15H18N2O2S. The minimum Gasteiger partial charge on any atom is -0.465 e. The first-order chi connectivity index (χ1) is 9.78. The third-order valence-electron chi connectivity index (χ3n) is 3.76. The molecule has 0 aliphatic carbocycles. The zero-order chi connectivity index (χ0) is 13.9. The Hall–Kier alpha value is -1.49. The first kappa shape index (κ1) is 13.5. The molecule has 0 spiro atoms. The minimum absolute atomic E-state index is 0.307. The maximum absolute atomic E-state index is 11.5. The van der Waals surface area contributed by atoms with Crippen LogP contribution in [0.25, 0.3) is 5.52 Å². The zero-order valence-electron chi connectivity index (χ0n) is 11.5. The standard InChI is InChI=1S/C15H18N2O2S/c1-19-15(18)12-4-5-17-13(8-12)9-16-14(17)7-11-3-2-6-20-10-11/h4-5,8-9,11H,2-3,6-7,10H2,1H3. The van der Waals surface area contributed by atoms with Crippen molar-refractivity contribution in [1.82, 2.24) is 9.38 Å². The summed E-state index contributed by atoms with van der Waals surface area (Å²) in [7, 11) is 1.40. The molecule has 2 aromatic rings. The summed E-state index contributed by atoms with van der Waals surface area (Å²) in [6.07, 6.45) is 7.36. The van der Waals surface area contributed by atoms with Crippen molar-refractivity contribution in [3.8, 4) is 0 Å². The smallest absolute Gasteiger partial charge is 0.337 e. The Bertz CT molecular complexity index is 617. The Balaban J connectivity index is 1.84. The van der Waals surface area contributed by atoms with E-state index >= 15 is 0 Å². The number of methoxy groups -OCH3 is 1. The van der Waals surface area contributed by atoms with E-state index in [4.69, 9.17) is 4.74 Å². The lowest BCUT2D eigenvalue weighted by Crippen LogP contribution is -2.14. The van der Waals surface area contributed by atoms with Gasteiger partial charge < -0.3 is 9.14 Å². The maximum Gasteiger partial charge on any atom is 0.337 e. The van der Waals surface area contributed by atoms with Gasteiger partial charge in [-0.2, -0.15) is 11.8 Å². The Labute approximate surface area is 122 Å². The second-order valence-electron chi connectivity index (χ2n) is 5.16. The molecule has 4 nitrogen and oxygen atoms in total. The number of fused-ring (bicyclic) bond motifs is 1. The predicted molar refractivity (Wildman–Crippen MR) is 80.3 cm³/mol. The van der Waals surface area contributed by atoms with Gasteiger partial charge in [0.2, 0.25) is 0 Å². The van der Waals surface area contributed by atoms with E-state index in [0.717, 1.165) is 23.7 Å². The molecule has 1 unspecified atom stereocenters. The quantitative estimate of drug-likeness (QED) is 0.815. The van der Waals surface area contributed by atoms with Gasteiger partial charge in [-0.15, -0.1) is 0 Å². The number of thioether (sulfide) groups is 1. The van der Waals surface area contributed by atoms with Crippen molar-refractivity contribution in [2.75, 3.05) is 18.6 Å². The summed E-state index contributed by atoms with van der Waals surface area (Å²) in [5.74, 6) is 4.03. The van der Waals surface area contributed by atoms with Gasteiger partial charge in [0, 0.05) is 12.6 Å². The highest BCUT2D eigenvalue weighted by Gasteiger charge is 2.17. The molecule has 3 heterocycles. The normalized spacial score (nSPS) is 19.1. The van der Waals surface area contributed by atoms with Gasteiger partial charge in [-0.25, -0.2) is 9.78 Å². The first-order valence-corrected chi connectivity index (χ1v) is 8.05. The van der Waals surface area contributed by atoms with Crippen LogP contribution in [0.15, 0.2) is 24.5 Å². The first-order valence-electron chi connectivity index (χ1n) is 6.90. The Kier molecular flexibility index (Phi) is 3.96. The third kappa shape index (κ3) is 2.68. The summed E-state index contributed by atoms with van der Waals surface area (Å²) >= 11 is 2.04. The molecule has 1 atom stereocenters. The van der Waals surface area contributed by atoms with E-state index in [0.29, 0.717) is 5.56 Å². The van der Waals surface area contributed by atoms with E-state index in [1.165, 1.54) is 31.5 Å². The van der Waals surface area contributed by atoms with Crippen molar-refractivity contribution >= 4 is 23.2 Å². The molecule has 0 saturated carbocycles. The number of imidazole rings is 1. The number of rotatable bonds is 3. The fourth-order valence-electron chi connectivity index (χ4n) is 2.68. The van der Waals surface area contributed by atoms with Crippen LogP contribution in [0.3, 0.4) is 0 Å². The van der Waals surface area contributed by atoms with Gasteiger partial charge >= 0.3 is 5.97 Å². The van der Waals surface area contributed by atoms with Crippen LogP contribution < -0.4 is 0 Å². The SMILES string of the molecule is COC(=O)c1ccn2c(CC3CCCSC3)ncc2c1. The van der Waals surface area contributed by atoms with Crippen LogP contribution in [0.5, 0.6) is 0 Å². The Morgan fingerprint density at radius 2 is 2.50 bits per heavy atom. The Morgan fingerprint density at radius 1 is 1.60 bits per heavy atom. The van der Waals surface area contributed by atoms with Crippen LogP contribution in [-0.4, -0.2) is 34.0 Å². The lowest BCUT2D eigenvalue weighted by Gasteiger charge is -2.20. The molecule has 1 aliphatic rings. The van der Waals surface area contributed by atoms with E-state index in [1.54, 1.807) is 6.07 Å². The van der Waals surface area contributed by atoms with Crippen LogP contribution in [-0.2, 0) is 11.2 Å². The summed E-state index contributed by atoms with van der Waals surface area (Å²) in [5.41, 5.74) is 1.52. The van der Waals surface area contributed by atoms with Crippen molar-refractivity contribution in [3.05, 3.63) is 35.9 Å². The molecule has 0 bridgehead atoms. The minimum atomic E-state index is -0.307. The summed E-state index contributed by atoms with van der Waals surface area (Å²) in [4.78, 5) is 16.0. The fourth-order valence-corrected chi connectivity index (χ4v) is 3.83. The van der Waals surface area contributed by atoms with Crippen molar-refractivity contribution in [2.45, 2.75) is 19.3 Å². The molecule has 20 heavy (non-hydrogen) atoms. The summed E-state index contributed by atoms with van der Waals surface area (Å²) in [6.45, 7) is 0. The monoisotopic (exact) mass is 290 g/mol. The number of aromatic nitrogens is 2. The maximum atomic E-state index is 11.5. The highest BCUT2D eigenvalue weighted by Crippen LogP contribution is 2.25. The second kappa shape index (κ2) is 5.87. The molecule has 2 aromatic heterocycles. The largest absolute Gasteiger partial charge is 0.465 e. The van der Waals surface area contributed by atoms with Crippen LogP contribution in [0.2, 0.25) is 0 Å². The average Bonchev–Trinajstić information content (AvgIpc) is 2.90. The average molecular weight is 290 g/mol. The zero-order valence-corrected chi connectivity index (χ0v) is 12.4. The number of hydrogen-bond acceptors (Lipinski definition) is 4. The van der Waals surface area contributed by atoms with E-state index in [9.17, 15) is 4.79 Å². The number of carbonyl (C=O) groups is 1. The molecule has 106 valence electrons. The number of hydrogen-bond donors (Lipinski definition) is 0. The summed E-state index contributed by atoms with van der Waals surface area (Å²) < 4.78 is 6.82. The second-order valence-corrected chi connectivity index (χ2v) is 6.31. The molecule has 3 rings (SSSR count). The van der Waals surface area contributed by atoms with Crippen LogP contribution in [0.4, 0.5) is 0 Å². The highest BCUT2D eigenvalue weighted by molar-refractivity contribution is 7.99. The van der Waals surface area contributed by atoms with Crippen LogP contribution in [0.1, 0.15) is 29.0 Å². The van der Waals surface area contributed by atoms with Gasteiger partial charge in [-0.3, -0.25) is 0 Å². The van der Waals surface area contributed by atoms with Gasteiger partial charge in [0.15, 0.2) is 0 Å². The molecule has 1 saturated heterocycles. The predicted octanol–water partition coefficient (Wildman–Crippen LogP) is 2.81. The van der Waals surface area contributed by atoms with Crippen molar-refractivity contribution in [1.29, 1.82) is 0 Å². The van der Waals surface area contributed by atoms with E-state index in [2.05, 4.69) is 9.38 Å². The van der Waals surface area contributed by atoms with Gasteiger partial charge in [-0.05, 0) is 42.4 Å². The fraction of sp³-hybridized carbons (Fsp3) is 0.467. The molecule has 0 amide bonds. The molecule has 5 heteroatoms. The molecule has 0 aromatic carbocycles. The Morgan fingerprint density at radius 3 is 3.25 bits per heavy atom.